The van der Waals surface area contributed by atoms with Crippen molar-refractivity contribution in [2.24, 2.45) is 5.73 Å². The fraction of sp³-hybridized carbons (Fsp3) is 0.350. The van der Waals surface area contributed by atoms with Gasteiger partial charge in [-0.2, -0.15) is 0 Å². The van der Waals surface area contributed by atoms with E-state index >= 15 is 0 Å². The van der Waals surface area contributed by atoms with Gasteiger partial charge in [-0.1, -0.05) is 43.3 Å². The Labute approximate surface area is 143 Å². The molecule has 1 amide bonds. The quantitative estimate of drug-likeness (QED) is 0.889. The molecule has 4 heteroatoms. The number of amides is 1. The largest absolute Gasteiger partial charge is 0.492 e. The van der Waals surface area contributed by atoms with E-state index in [0.29, 0.717) is 18.2 Å². The number of hydrogen-bond acceptors (Lipinski definition) is 3. The van der Waals surface area contributed by atoms with E-state index in [2.05, 4.69) is 36.1 Å². The smallest absolute Gasteiger partial charge is 0.248 e. The van der Waals surface area contributed by atoms with Gasteiger partial charge < -0.3 is 10.5 Å². The van der Waals surface area contributed by atoms with Gasteiger partial charge in [-0.25, -0.2) is 0 Å². The molecule has 0 bridgehead atoms. The molecule has 126 valence electrons. The van der Waals surface area contributed by atoms with Crippen molar-refractivity contribution in [3.05, 3.63) is 65.2 Å². The van der Waals surface area contributed by atoms with Crippen LogP contribution in [0.3, 0.4) is 0 Å². The maximum Gasteiger partial charge on any atom is 0.248 e. The number of fused-ring (bicyclic) bond motifs is 1. The fourth-order valence-corrected chi connectivity index (χ4v) is 3.24. The highest BCUT2D eigenvalue weighted by Crippen LogP contribution is 2.28. The number of nitrogens with two attached hydrogens (primary N) is 1. The van der Waals surface area contributed by atoms with E-state index in [1.807, 2.05) is 12.1 Å². The van der Waals surface area contributed by atoms with Crippen LogP contribution in [0.25, 0.3) is 0 Å². The van der Waals surface area contributed by atoms with Gasteiger partial charge in [0, 0.05) is 18.2 Å². The van der Waals surface area contributed by atoms with Crippen LogP contribution >= 0.6 is 0 Å². The molecule has 2 aromatic rings. The molecule has 4 nitrogen and oxygen atoms in total. The fourth-order valence-electron chi connectivity index (χ4n) is 3.24. The first-order chi connectivity index (χ1) is 11.7. The number of ether oxygens (including phenoxy) is 1. The number of hydrogen-bond donors (Lipinski definition) is 1. The second-order valence-electron chi connectivity index (χ2n) is 6.31. The molecule has 3 rings (SSSR count). The molecule has 1 atom stereocenters. The van der Waals surface area contributed by atoms with Gasteiger partial charge in [0.1, 0.15) is 12.4 Å². The molecule has 1 aliphatic heterocycles. The minimum atomic E-state index is -0.416. The van der Waals surface area contributed by atoms with Gasteiger partial charge >= 0.3 is 0 Å². The molecule has 2 aromatic carbocycles. The molecule has 0 saturated carbocycles. The van der Waals surface area contributed by atoms with Crippen LogP contribution in [0.4, 0.5) is 0 Å². The zero-order valence-corrected chi connectivity index (χ0v) is 14.1. The Morgan fingerprint density at radius 1 is 1.25 bits per heavy atom. The van der Waals surface area contributed by atoms with Gasteiger partial charge in [-0.3, -0.25) is 9.69 Å². The van der Waals surface area contributed by atoms with Crippen molar-refractivity contribution >= 4 is 5.91 Å². The van der Waals surface area contributed by atoms with E-state index in [9.17, 15) is 4.79 Å². The second-order valence-corrected chi connectivity index (χ2v) is 6.31. The van der Waals surface area contributed by atoms with Crippen LogP contribution in [0.5, 0.6) is 5.75 Å². The third-order valence-electron chi connectivity index (χ3n) is 4.49. The van der Waals surface area contributed by atoms with Gasteiger partial charge in [0.25, 0.3) is 0 Å². The molecule has 0 radical (unpaired) electrons. The molecule has 1 aliphatic rings. The number of rotatable bonds is 6. The average Bonchev–Trinajstić information content (AvgIpc) is 2.61. The van der Waals surface area contributed by atoms with E-state index in [1.54, 1.807) is 12.1 Å². The Bertz CT molecular complexity index is 700. The molecule has 24 heavy (non-hydrogen) atoms. The zero-order valence-electron chi connectivity index (χ0n) is 14.1. The van der Waals surface area contributed by atoms with Crippen LogP contribution in [0, 0.1) is 0 Å². The third-order valence-corrected chi connectivity index (χ3v) is 4.49. The van der Waals surface area contributed by atoms with E-state index in [4.69, 9.17) is 10.5 Å². The molecule has 1 heterocycles. The van der Waals surface area contributed by atoms with Crippen LogP contribution in [-0.4, -0.2) is 30.0 Å². The summed E-state index contributed by atoms with van der Waals surface area (Å²) in [5, 5.41) is 0. The molecule has 0 spiro atoms. The highest BCUT2D eigenvalue weighted by molar-refractivity contribution is 5.93. The summed E-state index contributed by atoms with van der Waals surface area (Å²) in [5.74, 6) is 0.374. The van der Waals surface area contributed by atoms with Crippen molar-refractivity contribution in [2.75, 3.05) is 13.2 Å². The topological polar surface area (TPSA) is 55.6 Å². The van der Waals surface area contributed by atoms with Crippen LogP contribution < -0.4 is 10.5 Å². The summed E-state index contributed by atoms with van der Waals surface area (Å²) in [6.45, 7) is 4.81. The van der Waals surface area contributed by atoms with E-state index in [0.717, 1.165) is 37.2 Å². The Morgan fingerprint density at radius 2 is 2.04 bits per heavy atom. The molecule has 2 N–H and O–H groups in total. The number of benzene rings is 2. The summed E-state index contributed by atoms with van der Waals surface area (Å²) in [4.78, 5) is 13.8. The summed E-state index contributed by atoms with van der Waals surface area (Å²) >= 11 is 0. The lowest BCUT2D eigenvalue weighted by Crippen LogP contribution is -2.43. The molecule has 0 aliphatic carbocycles. The standard InChI is InChI=1S/C20H24N2O2/c1-2-10-22(13-15-6-4-3-5-7-15)18-11-16-8-9-17(20(21)23)12-19(16)24-14-18/h3-9,12,18H,2,10-11,13-14H2,1H3,(H2,21,23). The molecule has 0 fully saturated rings. The van der Waals surface area contributed by atoms with E-state index in [1.165, 1.54) is 5.56 Å². The molecule has 0 saturated heterocycles. The monoisotopic (exact) mass is 324 g/mol. The highest BCUT2D eigenvalue weighted by Gasteiger charge is 2.25. The molecular weight excluding hydrogens is 300 g/mol. The van der Waals surface area contributed by atoms with E-state index < -0.39 is 5.91 Å². The van der Waals surface area contributed by atoms with Crippen molar-refractivity contribution < 1.29 is 9.53 Å². The number of carbonyl (C=O) groups excluding carboxylic acids is 1. The lowest BCUT2D eigenvalue weighted by atomic mass is 9.99. The minimum Gasteiger partial charge on any atom is -0.492 e. The lowest BCUT2D eigenvalue weighted by Gasteiger charge is -2.35. The van der Waals surface area contributed by atoms with Gasteiger partial charge in [-0.05, 0) is 42.6 Å². The molecule has 1 unspecified atom stereocenters. The first kappa shape index (κ1) is 16.5. The minimum absolute atomic E-state index is 0.345. The maximum absolute atomic E-state index is 11.3. The average molecular weight is 324 g/mol. The number of primary amides is 1. The molecular formula is C20H24N2O2. The SMILES string of the molecule is CCCN(Cc1ccccc1)C1COc2cc(C(N)=O)ccc2C1. The normalized spacial score (nSPS) is 16.5. The van der Waals surface area contributed by atoms with Crippen LogP contribution in [0.15, 0.2) is 48.5 Å². The van der Waals surface area contributed by atoms with Gasteiger partial charge in [0.05, 0.1) is 0 Å². The third kappa shape index (κ3) is 3.77. The van der Waals surface area contributed by atoms with Gasteiger partial charge in [0.2, 0.25) is 5.91 Å². The highest BCUT2D eigenvalue weighted by atomic mass is 16.5. The first-order valence-electron chi connectivity index (χ1n) is 8.51. The van der Waals surface area contributed by atoms with Crippen LogP contribution in [-0.2, 0) is 13.0 Å². The predicted octanol–water partition coefficient (Wildman–Crippen LogP) is 3.00. The summed E-state index contributed by atoms with van der Waals surface area (Å²) in [5.41, 5.74) is 8.31. The predicted molar refractivity (Wildman–Crippen MR) is 95.1 cm³/mol. The van der Waals surface area contributed by atoms with Crippen molar-refractivity contribution in [1.82, 2.24) is 4.90 Å². The van der Waals surface area contributed by atoms with Crippen molar-refractivity contribution in [1.29, 1.82) is 0 Å². The van der Waals surface area contributed by atoms with Crippen molar-refractivity contribution in [2.45, 2.75) is 32.4 Å². The van der Waals surface area contributed by atoms with Gasteiger partial charge in [-0.15, -0.1) is 0 Å². The van der Waals surface area contributed by atoms with Gasteiger partial charge in [0.15, 0.2) is 0 Å². The maximum atomic E-state index is 11.3. The summed E-state index contributed by atoms with van der Waals surface area (Å²) < 4.78 is 5.94. The van der Waals surface area contributed by atoms with Crippen LogP contribution in [0.2, 0.25) is 0 Å². The summed E-state index contributed by atoms with van der Waals surface area (Å²) in [6.07, 6.45) is 2.04. The Kier molecular flexibility index (Phi) is 5.16. The van der Waals surface area contributed by atoms with Crippen molar-refractivity contribution in [3.8, 4) is 5.75 Å². The Hall–Kier alpha value is -2.33. The summed E-state index contributed by atoms with van der Waals surface area (Å²) in [6, 6.07) is 16.4. The summed E-state index contributed by atoms with van der Waals surface area (Å²) in [7, 11) is 0. The molecule has 0 aromatic heterocycles. The second kappa shape index (κ2) is 7.49. The first-order valence-corrected chi connectivity index (χ1v) is 8.51. The number of carbonyl (C=O) groups is 1. The van der Waals surface area contributed by atoms with Crippen molar-refractivity contribution in [3.63, 3.8) is 0 Å². The lowest BCUT2D eigenvalue weighted by molar-refractivity contribution is 0.0996. The Balaban J connectivity index is 1.75. The van der Waals surface area contributed by atoms with E-state index in [-0.39, 0.29) is 0 Å². The Morgan fingerprint density at radius 3 is 2.75 bits per heavy atom. The van der Waals surface area contributed by atoms with Crippen LogP contribution in [0.1, 0.15) is 34.8 Å². The number of nitrogens with zero attached hydrogens (tertiary/aromatic N) is 1. The zero-order chi connectivity index (χ0) is 16.9.